The molecule has 0 aliphatic carbocycles. The van der Waals surface area contributed by atoms with Crippen molar-refractivity contribution < 1.29 is 86.3 Å². The fourth-order valence-electron chi connectivity index (χ4n) is 7.52. The average molecular weight is 1220 g/mol. The van der Waals surface area contributed by atoms with Gasteiger partial charge >= 0.3 is 36.6 Å². The van der Waals surface area contributed by atoms with Crippen molar-refractivity contribution in [3.63, 3.8) is 0 Å². The summed E-state index contributed by atoms with van der Waals surface area (Å²) in [6.45, 7) is 21.5. The molecular formula is C59H114N8O18. The monoisotopic (exact) mass is 1220 g/mol. The van der Waals surface area contributed by atoms with Crippen LogP contribution < -0.4 is 21.3 Å². The Bertz CT molecular complexity index is 1730. The number of hydrogen-bond donors (Lipinski definition) is 6. The molecule has 0 spiro atoms. The number of nitrogens with one attached hydrogen (secondary N) is 4. The highest BCUT2D eigenvalue weighted by atomic mass is 16.6. The van der Waals surface area contributed by atoms with Crippen LogP contribution in [0.25, 0.3) is 0 Å². The molecule has 0 aliphatic heterocycles. The summed E-state index contributed by atoms with van der Waals surface area (Å²) < 4.78 is 55.6. The highest BCUT2D eigenvalue weighted by Gasteiger charge is 2.36. The molecule has 26 heteroatoms. The Balaban J connectivity index is 0. The van der Waals surface area contributed by atoms with Gasteiger partial charge in [-0.25, -0.2) is 28.8 Å². The molecule has 0 rings (SSSR count). The van der Waals surface area contributed by atoms with Crippen molar-refractivity contribution in [2.45, 2.75) is 125 Å². The molecule has 0 bridgehead atoms. The number of carbonyl (C=O) groups is 6. The van der Waals surface area contributed by atoms with Gasteiger partial charge in [0.2, 0.25) is 0 Å². The van der Waals surface area contributed by atoms with E-state index in [0.717, 1.165) is 32.1 Å². The largest absolute Gasteiger partial charge is 0.449 e. The van der Waals surface area contributed by atoms with Gasteiger partial charge in [0.15, 0.2) is 0 Å². The van der Waals surface area contributed by atoms with E-state index in [-0.39, 0.29) is 106 Å². The normalized spacial score (nSPS) is 13.8. The number of ether oxygens (including phenoxy) is 10. The summed E-state index contributed by atoms with van der Waals surface area (Å²) in [6.07, 6.45) is 11.5. The smallest absolute Gasteiger partial charge is 0.410 e. The molecule has 0 saturated heterocycles. The van der Waals surface area contributed by atoms with Crippen LogP contribution in [0, 0.1) is 21.7 Å². The molecule has 0 saturated carbocycles. The van der Waals surface area contributed by atoms with E-state index in [9.17, 15) is 39.0 Å². The van der Waals surface area contributed by atoms with Gasteiger partial charge in [0, 0.05) is 41.4 Å². The van der Waals surface area contributed by atoms with Crippen LogP contribution in [0.4, 0.5) is 28.8 Å². The molecule has 498 valence electrons. The topological polar surface area (TPSA) is 296 Å². The number of hydrogen-bond acceptors (Lipinski definition) is 20. The average Bonchev–Trinajstić information content (AvgIpc) is 3.67. The number of alkyl carbamates (subject to hydrolysis) is 2. The van der Waals surface area contributed by atoms with E-state index in [4.69, 9.17) is 47.4 Å². The van der Waals surface area contributed by atoms with Gasteiger partial charge < -0.3 is 78.8 Å². The summed E-state index contributed by atoms with van der Waals surface area (Å²) in [6, 6.07) is 0. The Hall–Kier alpha value is -5.22. The predicted molar refractivity (Wildman–Crippen MR) is 325 cm³/mol. The number of unbranched alkanes of at least 4 members (excludes halogenated alkanes) is 7. The molecule has 0 aliphatic rings. The van der Waals surface area contributed by atoms with Crippen molar-refractivity contribution in [2.75, 3.05) is 175 Å². The van der Waals surface area contributed by atoms with Crippen molar-refractivity contribution in [3.8, 4) is 0 Å². The van der Waals surface area contributed by atoms with Gasteiger partial charge in [-0.2, -0.15) is 0 Å². The van der Waals surface area contributed by atoms with E-state index in [1.807, 2.05) is 27.7 Å². The van der Waals surface area contributed by atoms with Gasteiger partial charge in [-0.1, -0.05) is 98.6 Å². The molecule has 6 N–H and O–H groups in total. The molecule has 4 unspecified atom stereocenters. The van der Waals surface area contributed by atoms with Crippen molar-refractivity contribution in [2.24, 2.45) is 21.7 Å². The summed E-state index contributed by atoms with van der Waals surface area (Å²) in [5.74, 6) is 0. The first kappa shape index (κ1) is 81.8. The molecule has 4 atom stereocenters. The highest BCUT2D eigenvalue weighted by Crippen LogP contribution is 2.28. The van der Waals surface area contributed by atoms with Crippen molar-refractivity contribution in [1.29, 1.82) is 0 Å². The molecule has 0 aromatic heterocycles. The maximum Gasteiger partial charge on any atom is 0.410 e. The molecule has 0 aromatic rings. The molecule has 0 aromatic carbocycles. The zero-order chi connectivity index (χ0) is 64.4. The van der Waals surface area contributed by atoms with Crippen LogP contribution in [-0.4, -0.2) is 241 Å². The van der Waals surface area contributed by atoms with Gasteiger partial charge in [-0.05, 0) is 52.6 Å². The van der Waals surface area contributed by atoms with E-state index in [2.05, 4.69) is 48.3 Å². The Morgan fingerprint density at radius 3 is 0.976 bits per heavy atom. The third kappa shape index (κ3) is 37.2. The maximum atomic E-state index is 12.9. The number of aliphatic hydroxyl groups is 2. The van der Waals surface area contributed by atoms with E-state index in [0.29, 0.717) is 52.1 Å². The number of rotatable bonds is 49. The first-order valence-corrected chi connectivity index (χ1v) is 30.0. The molecule has 85 heavy (non-hydrogen) atoms. The van der Waals surface area contributed by atoms with Crippen LogP contribution >= 0.6 is 0 Å². The van der Waals surface area contributed by atoms with Crippen LogP contribution in [0.2, 0.25) is 0 Å². The van der Waals surface area contributed by atoms with Crippen LogP contribution in [0.1, 0.15) is 125 Å². The van der Waals surface area contributed by atoms with Gasteiger partial charge in [0.05, 0.1) is 87.9 Å². The van der Waals surface area contributed by atoms with Crippen molar-refractivity contribution in [3.05, 3.63) is 25.3 Å². The van der Waals surface area contributed by atoms with Gasteiger partial charge in [-0.15, -0.1) is 13.2 Å². The summed E-state index contributed by atoms with van der Waals surface area (Å²) >= 11 is 0. The number of carbonyl (C=O) groups excluding carboxylic acids is 6. The lowest BCUT2D eigenvalue weighted by Crippen LogP contribution is -2.45. The van der Waals surface area contributed by atoms with Crippen molar-refractivity contribution >= 4 is 36.6 Å². The van der Waals surface area contributed by atoms with Gasteiger partial charge in [0.1, 0.15) is 53.0 Å². The summed E-state index contributed by atoms with van der Waals surface area (Å²) in [5.41, 5.74) is -2.97. The molecule has 26 nitrogen and oxygen atoms in total. The minimum absolute atomic E-state index is 0.0143. The molecular weight excluding hydrogens is 1110 g/mol. The Morgan fingerprint density at radius 1 is 0.412 bits per heavy atom. The second kappa shape index (κ2) is 49.8. The summed E-state index contributed by atoms with van der Waals surface area (Å²) in [4.78, 5) is 79.9. The zero-order valence-electron chi connectivity index (χ0n) is 54.1. The SMILES string of the molecule is C=CCOCC(CC)(COC(=O)NCNC)COC(=O)N(C)CN(C)C(=O)OCC(CC)(COCC=C)COC(=O)NCNC.CCCCCCCOCC(CC)(CO)COC(=O)N(C)CN(C)C(=O)OCC(CC)(CO)COCCCCCC. The number of nitrogens with zero attached hydrogens (tertiary/aromatic N) is 4. The van der Waals surface area contributed by atoms with Gasteiger partial charge in [0.25, 0.3) is 0 Å². The molecule has 0 radical (unpaired) electrons. The van der Waals surface area contributed by atoms with Crippen LogP contribution in [0.5, 0.6) is 0 Å². The minimum Gasteiger partial charge on any atom is -0.449 e. The lowest BCUT2D eigenvalue weighted by atomic mass is 9.88. The first-order chi connectivity index (χ1) is 40.6. The lowest BCUT2D eigenvalue weighted by molar-refractivity contribution is -0.0444. The van der Waals surface area contributed by atoms with Crippen LogP contribution in [0.15, 0.2) is 25.3 Å². The second-order valence-corrected chi connectivity index (χ2v) is 21.8. The first-order valence-electron chi connectivity index (χ1n) is 30.0. The van der Waals surface area contributed by atoms with E-state index in [1.54, 1.807) is 26.2 Å². The van der Waals surface area contributed by atoms with Crippen molar-refractivity contribution in [1.82, 2.24) is 40.9 Å². The summed E-state index contributed by atoms with van der Waals surface area (Å²) in [7, 11) is 9.34. The van der Waals surface area contributed by atoms with E-state index in [1.165, 1.54) is 73.5 Å². The Morgan fingerprint density at radius 2 is 0.694 bits per heavy atom. The lowest BCUT2D eigenvalue weighted by Gasteiger charge is -2.33. The maximum absolute atomic E-state index is 12.9. The van der Waals surface area contributed by atoms with Gasteiger partial charge in [-0.3, -0.25) is 19.6 Å². The van der Waals surface area contributed by atoms with E-state index < -0.39 is 58.2 Å². The van der Waals surface area contributed by atoms with Crippen LogP contribution in [0.3, 0.4) is 0 Å². The quantitative estimate of drug-likeness (QED) is 0.0148. The summed E-state index contributed by atoms with van der Waals surface area (Å²) in [5, 5.41) is 30.6. The standard InChI is InChI=1S/C30H60N2O8.C29H54N6O10/c1-7-11-13-15-17-19-38-23-30(10-4,21-34)25-40-28(36)32(6)26-31(5)27(35)39-24-29(9-3,20-33)22-37-18-16-14-12-8-2;1-9-13-40-15-28(11-3,17-42-24(36)32-21-30-5)19-44-26(38)34(7)23-35(8)27(39)45-20-29(12-4,16-41-14-10-2)18-43-25(37)33-22-31-6/h33-34H,7-26H2,1-6H3;9-10,30-31H,1-2,11-23H2,3-8H3,(H,32,36)(H,33,37). The highest BCUT2D eigenvalue weighted by molar-refractivity contribution is 5.71. The van der Waals surface area contributed by atoms with E-state index >= 15 is 0 Å². The zero-order valence-corrected chi connectivity index (χ0v) is 54.1. The second-order valence-electron chi connectivity index (χ2n) is 21.8. The predicted octanol–water partition coefficient (Wildman–Crippen LogP) is 7.53. The fraction of sp³-hybridized carbons (Fsp3) is 0.831. The Kier molecular flexibility index (Phi) is 48.0. The third-order valence-electron chi connectivity index (χ3n) is 14.3. The molecule has 6 amide bonds. The number of amides is 6. The Labute approximate surface area is 508 Å². The minimum atomic E-state index is -0.815. The van der Waals surface area contributed by atoms with Crippen LogP contribution in [-0.2, 0) is 47.4 Å². The third-order valence-corrected chi connectivity index (χ3v) is 14.3. The number of aliphatic hydroxyl groups excluding tert-OH is 2. The molecule has 0 heterocycles. The molecule has 0 fully saturated rings. The fourth-order valence-corrected chi connectivity index (χ4v) is 7.52.